The van der Waals surface area contributed by atoms with Crippen LogP contribution in [0.5, 0.6) is 11.5 Å². The Morgan fingerprint density at radius 3 is 3.06 bits per heavy atom. The number of carboxylic acids is 1. The van der Waals surface area contributed by atoms with E-state index in [9.17, 15) is 4.79 Å². The molecule has 5 nitrogen and oxygen atoms in total. The third-order valence-corrected chi connectivity index (χ3v) is 3.85. The quantitative estimate of drug-likeness (QED) is 0.886. The summed E-state index contributed by atoms with van der Waals surface area (Å²) in [5.74, 6) is 0.391. The predicted molar refractivity (Wildman–Crippen MR) is 69.1 cm³/mol. The molecule has 1 atom stereocenters. The molecule has 1 unspecified atom stereocenters. The van der Waals surface area contributed by atoms with Crippen LogP contribution in [-0.2, 0) is 11.2 Å². The van der Waals surface area contributed by atoms with E-state index in [1.54, 1.807) is 13.2 Å². The molecule has 0 saturated carbocycles. The van der Waals surface area contributed by atoms with E-state index >= 15 is 0 Å². The molecule has 0 bridgehead atoms. The smallest absolute Gasteiger partial charge is 0.305 e. The van der Waals surface area contributed by atoms with Crippen LogP contribution in [0.3, 0.4) is 0 Å². The molecule has 6 heteroatoms. The lowest BCUT2D eigenvalue weighted by Gasteiger charge is -2.16. The number of fused-ring (bicyclic) bond motifs is 1. The van der Waals surface area contributed by atoms with Crippen molar-refractivity contribution in [1.29, 1.82) is 0 Å². The second-order valence-corrected chi connectivity index (χ2v) is 4.89. The van der Waals surface area contributed by atoms with Gasteiger partial charge in [-0.15, -0.1) is 0 Å². The largest absolute Gasteiger partial charge is 0.493 e. The van der Waals surface area contributed by atoms with E-state index in [4.69, 9.17) is 20.3 Å². The second-order valence-electron chi connectivity index (χ2n) is 4.09. The van der Waals surface area contributed by atoms with Gasteiger partial charge >= 0.3 is 5.97 Å². The van der Waals surface area contributed by atoms with Gasteiger partial charge in [0, 0.05) is 22.5 Å². The first kappa shape index (κ1) is 13.2. The van der Waals surface area contributed by atoms with Crippen LogP contribution < -0.4 is 15.2 Å². The van der Waals surface area contributed by atoms with Crippen molar-refractivity contribution in [3.8, 4) is 11.5 Å². The molecule has 1 heterocycles. The fraction of sp³-hybridized carbons (Fsp3) is 0.417. The lowest BCUT2D eigenvalue weighted by Crippen LogP contribution is -2.16. The molecule has 3 N–H and O–H groups in total. The molecule has 18 heavy (non-hydrogen) atoms. The average molecular weight is 316 g/mol. The predicted octanol–water partition coefficient (Wildman–Crippen LogP) is 1.87. The fourth-order valence-electron chi connectivity index (χ4n) is 2.05. The van der Waals surface area contributed by atoms with Gasteiger partial charge in [0.25, 0.3) is 0 Å². The number of benzene rings is 1. The molecule has 0 fully saturated rings. The first-order valence-corrected chi connectivity index (χ1v) is 6.33. The minimum atomic E-state index is -0.926. The number of rotatable bonds is 4. The van der Waals surface area contributed by atoms with Crippen molar-refractivity contribution in [1.82, 2.24) is 0 Å². The number of carbonyl (C=O) groups is 1. The first-order chi connectivity index (χ1) is 8.54. The lowest BCUT2D eigenvalue weighted by molar-refractivity contribution is -0.137. The number of nitrogens with two attached hydrogens (primary N) is 1. The Kier molecular flexibility index (Phi) is 3.77. The molecule has 0 radical (unpaired) electrons. The Hall–Kier alpha value is -1.27. The van der Waals surface area contributed by atoms with Crippen molar-refractivity contribution in [2.75, 3.05) is 13.7 Å². The van der Waals surface area contributed by atoms with Crippen LogP contribution in [-0.4, -0.2) is 24.8 Å². The minimum absolute atomic E-state index is 0.124. The van der Waals surface area contributed by atoms with Crippen molar-refractivity contribution in [3.05, 3.63) is 21.7 Å². The Bertz CT molecular complexity index is 489. The zero-order valence-corrected chi connectivity index (χ0v) is 11.5. The number of halogens is 1. The molecule has 0 aromatic heterocycles. The lowest BCUT2D eigenvalue weighted by atomic mass is 10.00. The number of methoxy groups -OCH3 is 1. The summed E-state index contributed by atoms with van der Waals surface area (Å²) >= 11 is 3.48. The summed E-state index contributed by atoms with van der Waals surface area (Å²) < 4.78 is 11.6. The molecule has 0 aliphatic carbocycles. The van der Waals surface area contributed by atoms with Gasteiger partial charge in [-0.05, 0) is 11.6 Å². The second kappa shape index (κ2) is 5.16. The van der Waals surface area contributed by atoms with Gasteiger partial charge < -0.3 is 20.3 Å². The minimum Gasteiger partial charge on any atom is -0.493 e. The summed E-state index contributed by atoms with van der Waals surface area (Å²) in [7, 11) is 1.55. The van der Waals surface area contributed by atoms with Crippen LogP contribution in [0, 0.1) is 0 Å². The summed E-state index contributed by atoms with van der Waals surface area (Å²) in [6, 6.07) is 1.17. The molecule has 0 saturated heterocycles. The van der Waals surface area contributed by atoms with Gasteiger partial charge in [-0.2, -0.15) is 0 Å². The van der Waals surface area contributed by atoms with Crippen LogP contribution in [0.2, 0.25) is 0 Å². The highest BCUT2D eigenvalue weighted by Gasteiger charge is 2.25. The van der Waals surface area contributed by atoms with E-state index in [0.29, 0.717) is 12.4 Å². The highest BCUT2D eigenvalue weighted by atomic mass is 79.9. The zero-order chi connectivity index (χ0) is 13.3. The third-order valence-electron chi connectivity index (χ3n) is 2.92. The van der Waals surface area contributed by atoms with Crippen molar-refractivity contribution in [2.24, 2.45) is 5.73 Å². The number of hydrogen-bond donors (Lipinski definition) is 2. The van der Waals surface area contributed by atoms with Crippen LogP contribution in [0.15, 0.2) is 10.5 Å². The van der Waals surface area contributed by atoms with Gasteiger partial charge in [0.2, 0.25) is 0 Å². The summed E-state index contributed by atoms with van der Waals surface area (Å²) in [6.45, 7) is 0.599. The molecule has 1 aliphatic heterocycles. The van der Waals surface area contributed by atoms with Gasteiger partial charge in [0.1, 0.15) is 0 Å². The average Bonchev–Trinajstić information content (AvgIpc) is 2.78. The molecule has 1 aliphatic rings. The van der Waals surface area contributed by atoms with E-state index in [0.717, 1.165) is 27.8 Å². The van der Waals surface area contributed by atoms with Gasteiger partial charge in [-0.25, -0.2) is 0 Å². The maximum absolute atomic E-state index is 10.7. The molecule has 2 rings (SSSR count). The van der Waals surface area contributed by atoms with E-state index in [1.165, 1.54) is 0 Å². The molecule has 0 amide bonds. The van der Waals surface area contributed by atoms with E-state index in [-0.39, 0.29) is 6.42 Å². The molecule has 0 spiro atoms. The molecular weight excluding hydrogens is 302 g/mol. The van der Waals surface area contributed by atoms with Crippen molar-refractivity contribution < 1.29 is 19.4 Å². The maximum atomic E-state index is 10.7. The molecular formula is C12H14BrNO4. The Morgan fingerprint density at radius 2 is 2.44 bits per heavy atom. The Balaban J connectivity index is 2.45. The standard InChI is InChI=1S/C12H14BrNO4/c1-17-9-4-7(8(14)5-10(15)16)11(13)6-2-3-18-12(6)9/h4,8H,2-3,5,14H2,1H3,(H,15,16). The van der Waals surface area contributed by atoms with Crippen LogP contribution in [0.4, 0.5) is 0 Å². The molecule has 1 aromatic carbocycles. The fourth-order valence-corrected chi connectivity index (χ4v) is 2.84. The Labute approximate surface area is 113 Å². The SMILES string of the molecule is COc1cc(C(N)CC(=O)O)c(Br)c2c1OCC2. The van der Waals surface area contributed by atoms with Crippen LogP contribution in [0.25, 0.3) is 0 Å². The molecule has 98 valence electrons. The van der Waals surface area contributed by atoms with Crippen LogP contribution >= 0.6 is 15.9 Å². The summed E-state index contributed by atoms with van der Waals surface area (Å²) in [4.78, 5) is 10.7. The summed E-state index contributed by atoms with van der Waals surface area (Å²) in [6.07, 6.45) is 0.640. The number of ether oxygens (including phenoxy) is 2. The monoisotopic (exact) mass is 315 g/mol. The summed E-state index contributed by atoms with van der Waals surface area (Å²) in [5.41, 5.74) is 7.63. The third kappa shape index (κ3) is 2.30. The van der Waals surface area contributed by atoms with Gasteiger partial charge in [-0.1, -0.05) is 15.9 Å². The highest BCUT2D eigenvalue weighted by Crippen LogP contribution is 2.43. The molecule has 1 aromatic rings. The van der Waals surface area contributed by atoms with E-state index < -0.39 is 12.0 Å². The highest BCUT2D eigenvalue weighted by molar-refractivity contribution is 9.10. The number of aliphatic carboxylic acids is 1. The van der Waals surface area contributed by atoms with Crippen molar-refractivity contribution in [3.63, 3.8) is 0 Å². The maximum Gasteiger partial charge on any atom is 0.305 e. The van der Waals surface area contributed by atoms with Crippen molar-refractivity contribution in [2.45, 2.75) is 18.9 Å². The summed E-state index contributed by atoms with van der Waals surface area (Å²) in [5, 5.41) is 8.80. The van der Waals surface area contributed by atoms with Gasteiger partial charge in [0.05, 0.1) is 20.1 Å². The zero-order valence-electron chi connectivity index (χ0n) is 9.90. The topological polar surface area (TPSA) is 81.8 Å². The normalized spacial score (nSPS) is 14.8. The number of carboxylic acid groups (broad SMARTS) is 1. The van der Waals surface area contributed by atoms with Gasteiger partial charge in [-0.3, -0.25) is 4.79 Å². The van der Waals surface area contributed by atoms with Crippen LogP contribution in [0.1, 0.15) is 23.6 Å². The number of hydrogen-bond acceptors (Lipinski definition) is 4. The van der Waals surface area contributed by atoms with E-state index in [1.807, 2.05) is 0 Å². The van der Waals surface area contributed by atoms with Crippen molar-refractivity contribution >= 4 is 21.9 Å². The van der Waals surface area contributed by atoms with Gasteiger partial charge in [0.15, 0.2) is 11.5 Å². The van der Waals surface area contributed by atoms with E-state index in [2.05, 4.69) is 15.9 Å². The Morgan fingerprint density at radius 1 is 1.72 bits per heavy atom. The first-order valence-electron chi connectivity index (χ1n) is 5.54.